The van der Waals surface area contributed by atoms with Gasteiger partial charge >= 0.3 is 0 Å². The van der Waals surface area contributed by atoms with Crippen LogP contribution in [0, 0.1) is 0 Å². The molecule has 1 aliphatic heterocycles. The number of benzene rings is 2. The van der Waals surface area contributed by atoms with Crippen LogP contribution in [0.3, 0.4) is 0 Å². The molecule has 0 fully saturated rings. The molecule has 0 unspecified atom stereocenters. The number of carbonyl (C=O) groups excluding carboxylic acids is 1. The van der Waals surface area contributed by atoms with Crippen molar-refractivity contribution in [2.45, 2.75) is 33.1 Å². The molecule has 0 atom stereocenters. The van der Waals surface area contributed by atoms with Crippen molar-refractivity contribution in [3.63, 3.8) is 0 Å². The minimum absolute atomic E-state index is 0.0345. The van der Waals surface area contributed by atoms with Crippen LogP contribution in [0.1, 0.15) is 31.4 Å². The lowest BCUT2D eigenvalue weighted by atomic mass is 10.1. The molecule has 0 radical (unpaired) electrons. The van der Waals surface area contributed by atoms with Crippen molar-refractivity contribution in [2.75, 3.05) is 29.9 Å². The Balaban J connectivity index is 1.60. The van der Waals surface area contributed by atoms with Crippen LogP contribution >= 0.6 is 0 Å². The lowest BCUT2D eigenvalue weighted by Crippen LogP contribution is -2.19. The van der Waals surface area contributed by atoms with Crippen LogP contribution in [0.2, 0.25) is 0 Å². The topological polar surface area (TPSA) is 41.6 Å². The van der Waals surface area contributed by atoms with Gasteiger partial charge in [-0.2, -0.15) is 0 Å². The van der Waals surface area contributed by atoms with Crippen molar-refractivity contribution in [3.05, 3.63) is 53.6 Å². The summed E-state index contributed by atoms with van der Waals surface area (Å²) >= 11 is 0. The van der Waals surface area contributed by atoms with Crippen molar-refractivity contribution >= 4 is 17.3 Å². The fourth-order valence-electron chi connectivity index (χ4n) is 3.33. The number of amides is 1. The molecule has 1 amide bonds. The average molecular weight is 338 g/mol. The van der Waals surface area contributed by atoms with E-state index < -0.39 is 0 Å². The predicted octanol–water partition coefficient (Wildman–Crippen LogP) is 4.04. The molecule has 0 aliphatic carbocycles. The largest absolute Gasteiger partial charge is 0.494 e. The summed E-state index contributed by atoms with van der Waals surface area (Å²) in [5.74, 6) is 0.904. The molecular formula is C21H26N2O2. The highest BCUT2D eigenvalue weighted by Crippen LogP contribution is 2.30. The van der Waals surface area contributed by atoms with Crippen LogP contribution in [0.4, 0.5) is 11.4 Å². The smallest absolute Gasteiger partial charge is 0.224 e. The first kappa shape index (κ1) is 17.3. The van der Waals surface area contributed by atoms with E-state index in [2.05, 4.69) is 29.3 Å². The van der Waals surface area contributed by atoms with E-state index in [0.29, 0.717) is 19.4 Å². The Morgan fingerprint density at radius 1 is 1.20 bits per heavy atom. The summed E-state index contributed by atoms with van der Waals surface area (Å²) in [6, 6.07) is 14.1. The van der Waals surface area contributed by atoms with Crippen molar-refractivity contribution in [1.29, 1.82) is 0 Å². The van der Waals surface area contributed by atoms with Crippen molar-refractivity contribution in [3.8, 4) is 5.75 Å². The third-order valence-electron chi connectivity index (χ3n) is 4.64. The van der Waals surface area contributed by atoms with Gasteiger partial charge in [0.2, 0.25) is 5.91 Å². The Hall–Kier alpha value is -2.49. The minimum atomic E-state index is 0.0345. The zero-order valence-corrected chi connectivity index (χ0v) is 15.0. The van der Waals surface area contributed by atoms with Crippen molar-refractivity contribution in [1.82, 2.24) is 0 Å². The standard InChI is InChI=1S/C21H26N2O2/c1-3-23-14-13-16-9-11-18(15-19(16)23)22-21(24)12-10-17-7-5-6-8-20(17)25-4-2/h5-9,11,15H,3-4,10,12-14H2,1-2H3,(H,22,24). The van der Waals surface area contributed by atoms with Crippen LogP contribution in [-0.4, -0.2) is 25.6 Å². The van der Waals surface area contributed by atoms with E-state index in [1.165, 1.54) is 11.3 Å². The zero-order valence-electron chi connectivity index (χ0n) is 15.0. The molecular weight excluding hydrogens is 312 g/mol. The third kappa shape index (κ3) is 4.13. The van der Waals surface area contributed by atoms with Gasteiger partial charge in [-0.3, -0.25) is 4.79 Å². The lowest BCUT2D eigenvalue weighted by Gasteiger charge is -2.17. The lowest BCUT2D eigenvalue weighted by molar-refractivity contribution is -0.116. The molecule has 4 nitrogen and oxygen atoms in total. The first-order valence-electron chi connectivity index (χ1n) is 9.09. The summed E-state index contributed by atoms with van der Waals surface area (Å²) in [6.07, 6.45) is 2.21. The monoisotopic (exact) mass is 338 g/mol. The Kier molecular flexibility index (Phi) is 5.59. The van der Waals surface area contributed by atoms with Gasteiger partial charge < -0.3 is 15.0 Å². The van der Waals surface area contributed by atoms with E-state index >= 15 is 0 Å². The number of nitrogens with one attached hydrogen (secondary N) is 1. The summed E-state index contributed by atoms with van der Waals surface area (Å²) in [7, 11) is 0. The Morgan fingerprint density at radius 2 is 2.04 bits per heavy atom. The van der Waals surface area contributed by atoms with Gasteiger partial charge in [-0.15, -0.1) is 0 Å². The van der Waals surface area contributed by atoms with Crippen molar-refractivity contribution < 1.29 is 9.53 Å². The molecule has 1 heterocycles. The maximum Gasteiger partial charge on any atom is 0.224 e. The zero-order chi connectivity index (χ0) is 17.6. The van der Waals surface area contributed by atoms with Crippen LogP contribution in [-0.2, 0) is 17.6 Å². The van der Waals surface area contributed by atoms with E-state index in [-0.39, 0.29) is 5.91 Å². The Labute approximate surface area is 149 Å². The van der Waals surface area contributed by atoms with Gasteiger partial charge in [-0.1, -0.05) is 24.3 Å². The molecule has 132 valence electrons. The van der Waals surface area contributed by atoms with Crippen LogP contribution in [0.5, 0.6) is 5.75 Å². The number of para-hydroxylation sites is 1. The molecule has 2 aromatic rings. The molecule has 3 rings (SSSR count). The second-order valence-electron chi connectivity index (χ2n) is 6.26. The molecule has 0 saturated carbocycles. The fraction of sp³-hybridized carbons (Fsp3) is 0.381. The minimum Gasteiger partial charge on any atom is -0.494 e. The van der Waals surface area contributed by atoms with E-state index in [9.17, 15) is 4.79 Å². The second-order valence-corrected chi connectivity index (χ2v) is 6.26. The van der Waals surface area contributed by atoms with Gasteiger partial charge in [0, 0.05) is 30.9 Å². The van der Waals surface area contributed by atoms with E-state index in [1.54, 1.807) is 0 Å². The van der Waals surface area contributed by atoms with E-state index in [0.717, 1.165) is 36.5 Å². The molecule has 25 heavy (non-hydrogen) atoms. The summed E-state index contributed by atoms with van der Waals surface area (Å²) in [5.41, 5.74) is 4.57. The summed E-state index contributed by atoms with van der Waals surface area (Å²) in [5, 5.41) is 3.03. The first-order chi connectivity index (χ1) is 12.2. The number of fused-ring (bicyclic) bond motifs is 1. The van der Waals surface area contributed by atoms with Gasteiger partial charge in [0.25, 0.3) is 0 Å². The van der Waals surface area contributed by atoms with E-state index in [4.69, 9.17) is 4.74 Å². The highest BCUT2D eigenvalue weighted by atomic mass is 16.5. The van der Waals surface area contributed by atoms with Gasteiger partial charge in [0.05, 0.1) is 6.61 Å². The molecule has 0 bridgehead atoms. The number of hydrogen-bond acceptors (Lipinski definition) is 3. The normalized spacial score (nSPS) is 12.8. The number of anilines is 2. The molecule has 0 aromatic heterocycles. The second kappa shape index (κ2) is 8.06. The number of ether oxygens (including phenoxy) is 1. The average Bonchev–Trinajstić information content (AvgIpc) is 3.03. The molecule has 0 saturated heterocycles. The number of likely N-dealkylation sites (N-methyl/N-ethyl adjacent to an activating group) is 1. The van der Waals surface area contributed by atoms with Crippen LogP contribution < -0.4 is 15.0 Å². The van der Waals surface area contributed by atoms with Gasteiger partial charge in [0.1, 0.15) is 5.75 Å². The molecule has 1 N–H and O–H groups in total. The molecule has 2 aromatic carbocycles. The van der Waals surface area contributed by atoms with Gasteiger partial charge in [-0.05, 0) is 56.0 Å². The Morgan fingerprint density at radius 3 is 2.84 bits per heavy atom. The highest BCUT2D eigenvalue weighted by Gasteiger charge is 2.18. The number of nitrogens with zero attached hydrogens (tertiary/aromatic N) is 1. The molecule has 4 heteroatoms. The summed E-state index contributed by atoms with van der Waals surface area (Å²) < 4.78 is 5.62. The number of hydrogen-bond donors (Lipinski definition) is 1. The number of rotatable bonds is 7. The summed E-state index contributed by atoms with van der Waals surface area (Å²) in [4.78, 5) is 14.7. The fourth-order valence-corrected chi connectivity index (χ4v) is 3.33. The maximum atomic E-state index is 12.3. The third-order valence-corrected chi connectivity index (χ3v) is 4.64. The highest BCUT2D eigenvalue weighted by molar-refractivity contribution is 5.91. The predicted molar refractivity (Wildman–Crippen MR) is 103 cm³/mol. The summed E-state index contributed by atoms with van der Waals surface area (Å²) in [6.45, 7) is 6.83. The van der Waals surface area contributed by atoms with Gasteiger partial charge in [0.15, 0.2) is 0 Å². The van der Waals surface area contributed by atoms with Crippen LogP contribution in [0.15, 0.2) is 42.5 Å². The number of carbonyl (C=O) groups is 1. The Bertz CT molecular complexity index is 742. The first-order valence-corrected chi connectivity index (χ1v) is 9.09. The van der Waals surface area contributed by atoms with Crippen molar-refractivity contribution in [2.24, 2.45) is 0 Å². The number of aryl methyl sites for hydroxylation is 1. The maximum absolute atomic E-state index is 12.3. The molecule has 1 aliphatic rings. The van der Waals surface area contributed by atoms with Gasteiger partial charge in [-0.25, -0.2) is 0 Å². The SMILES string of the molecule is CCOc1ccccc1CCC(=O)Nc1ccc2c(c1)N(CC)CC2. The van der Waals surface area contributed by atoms with Crippen LogP contribution in [0.25, 0.3) is 0 Å². The van der Waals surface area contributed by atoms with E-state index in [1.807, 2.05) is 37.3 Å². The quantitative estimate of drug-likeness (QED) is 0.828. The molecule has 0 spiro atoms.